The average molecular weight is 1420 g/mol. The van der Waals surface area contributed by atoms with Crippen molar-refractivity contribution in [2.45, 2.75) is 276 Å². The lowest BCUT2D eigenvalue weighted by Gasteiger charge is -2.46. The molecule has 2 aromatic heterocycles. The van der Waals surface area contributed by atoms with Gasteiger partial charge in [-0.25, -0.2) is 19.1 Å². The second kappa shape index (κ2) is 34.9. The summed E-state index contributed by atoms with van der Waals surface area (Å²) in [6.45, 7) is 39.7. The molecule has 22 heteroatoms. The maximum Gasteiger partial charge on any atom is 0.420 e. The summed E-state index contributed by atoms with van der Waals surface area (Å²) in [5.41, 5.74) is -1.95. The van der Waals surface area contributed by atoms with Crippen LogP contribution in [0.4, 0.5) is 9.59 Å². The molecule has 7 heterocycles. The number of pyridine rings is 1. The molecule has 1 aromatic carbocycles. The molecular weight excluding hydrogens is 1300 g/mol. The highest BCUT2D eigenvalue weighted by molar-refractivity contribution is 6.01. The van der Waals surface area contributed by atoms with E-state index < -0.39 is 137 Å². The minimum atomic E-state index is -1.47. The molecule has 0 spiro atoms. The first-order valence-electron chi connectivity index (χ1n) is 37.3. The fourth-order valence-corrected chi connectivity index (χ4v) is 16.8. The minimum absolute atomic E-state index is 0.00343. The SMILES string of the molecule is CC[C@H]1OC(=O)[C@H](C)C(=O)[C@H](C)[C@@H](OC2O[C@H](C)C[C@H](C)[C@H]2C)C(C)(C)C[C@@H](C)C(=O)/C(C)=C/[C@]1(CC)OC(=O)n1ccnc1.CC[C@H]1OC(=O)[C@H](C)C(=O)[C@H](C)[C@@H](OC2O[C@H](C)C[C@H](C)[C@H]2O)C(C)(C)C[C@@H](C)C(=O)[C@H](C)[C@H]2N(CCCOc3cccc(-c4cccnc4)c3)C(=O)O[C@]12CC. The lowest BCUT2D eigenvalue weighted by atomic mass is 9.68. The number of carbonyl (C=O) groups is 8. The van der Waals surface area contributed by atoms with E-state index >= 15 is 0 Å². The van der Waals surface area contributed by atoms with Gasteiger partial charge >= 0.3 is 24.1 Å². The van der Waals surface area contributed by atoms with E-state index in [1.165, 1.54) is 30.2 Å². The van der Waals surface area contributed by atoms with Crippen LogP contribution in [0.3, 0.4) is 0 Å². The van der Waals surface area contributed by atoms with Crippen molar-refractivity contribution in [2.75, 3.05) is 13.2 Å². The van der Waals surface area contributed by atoms with Crippen LogP contribution in [0, 0.1) is 70.0 Å². The van der Waals surface area contributed by atoms with Gasteiger partial charge in [-0.2, -0.15) is 0 Å². The van der Waals surface area contributed by atoms with Crippen LogP contribution in [0.2, 0.25) is 0 Å². The zero-order chi connectivity index (χ0) is 75.7. The molecule has 3 aromatic rings. The molecule has 0 bridgehead atoms. The van der Waals surface area contributed by atoms with Crippen LogP contribution < -0.4 is 4.74 Å². The number of allylic oxidation sites excluding steroid dienone is 1. The molecule has 102 heavy (non-hydrogen) atoms. The van der Waals surface area contributed by atoms with Crippen molar-refractivity contribution < 1.29 is 86.1 Å². The molecule has 1 N–H and O–H groups in total. The lowest BCUT2D eigenvalue weighted by Crippen LogP contribution is -2.59. The van der Waals surface area contributed by atoms with Gasteiger partial charge in [-0.05, 0) is 150 Å². The molecule has 22 nitrogen and oxygen atoms in total. The molecule has 5 aliphatic heterocycles. The Morgan fingerprint density at radius 1 is 0.657 bits per heavy atom. The van der Waals surface area contributed by atoms with Gasteiger partial charge in [-0.15, -0.1) is 0 Å². The van der Waals surface area contributed by atoms with Crippen molar-refractivity contribution in [3.63, 3.8) is 0 Å². The van der Waals surface area contributed by atoms with Crippen LogP contribution in [0.15, 0.2) is 79.2 Å². The first kappa shape index (κ1) is 82.6. The van der Waals surface area contributed by atoms with Crippen LogP contribution in [0.1, 0.15) is 203 Å². The number of esters is 2. The Bertz CT molecular complexity index is 3390. The van der Waals surface area contributed by atoms with E-state index in [4.69, 9.17) is 42.6 Å². The summed E-state index contributed by atoms with van der Waals surface area (Å²) in [5.74, 6) is -6.83. The standard InChI is InChI=1S/C45H64N2O10.C35H54N2O8/c1-11-35-45(12-2)39(47(43(52)57-45)20-15-21-53-34-18-13-16-32(23-34)33-17-14-19-46-25-33)29(6)36(48)27(4)24-44(9,10)40(30(7)38(50)31(8)41(51)55-35)56-42-37(49)26(3)22-28(5)54-42;1-12-27-35(13-2,45-33(41)37-15-14-36-19-37)18-22(5)28(38)21(4)17-34(10,11)30(25(8)29(39)26(9)31(40)43-27)44-32-24(7)20(3)16-23(6)42-32/h13-14,16-19,23,25-31,35,37,39-40,42,49H,11-12,15,20-22,24H2,1-10H3;14-15,18-21,23-27,30,32H,12-13,16-17H2,1-11H3/b;22-18+/t26-,27+,28+,29-,30-,31+,35+,37+,39+,40+,42?,45+;20-,21+,23+,24+,25-,26+,27+,30+,32?,35-/m00/s1. The number of aliphatic hydroxyl groups is 1. The van der Waals surface area contributed by atoms with Crippen LogP contribution in [0.25, 0.3) is 11.1 Å². The van der Waals surface area contributed by atoms with Crippen molar-refractivity contribution in [3.8, 4) is 16.9 Å². The number of Topliss-reactive ketones (excluding diaryl/α,β-unsaturated/α-hetero) is 4. The van der Waals surface area contributed by atoms with Gasteiger partial charge in [0.2, 0.25) is 0 Å². The van der Waals surface area contributed by atoms with Crippen molar-refractivity contribution >= 4 is 47.3 Å². The fourth-order valence-electron chi connectivity index (χ4n) is 16.8. The summed E-state index contributed by atoms with van der Waals surface area (Å²) in [4.78, 5) is 121. The highest BCUT2D eigenvalue weighted by Crippen LogP contribution is 2.47. The number of hydrogen-bond donors (Lipinski definition) is 1. The number of ketones is 4. The number of aliphatic hydroxyl groups excluding tert-OH is 1. The van der Waals surface area contributed by atoms with E-state index in [0.29, 0.717) is 49.5 Å². The molecule has 2 unspecified atom stereocenters. The van der Waals surface area contributed by atoms with E-state index in [-0.39, 0.29) is 79.4 Å². The zero-order valence-electron chi connectivity index (χ0n) is 64.4. The van der Waals surface area contributed by atoms with E-state index in [9.17, 15) is 43.5 Å². The molecule has 4 saturated heterocycles. The third-order valence-electron chi connectivity index (χ3n) is 22.6. The van der Waals surface area contributed by atoms with Crippen LogP contribution in [-0.4, -0.2) is 158 Å². The summed E-state index contributed by atoms with van der Waals surface area (Å²) >= 11 is 0. The highest BCUT2D eigenvalue weighted by Gasteiger charge is 2.62. The number of hydrogen-bond acceptors (Lipinski definition) is 20. The Morgan fingerprint density at radius 2 is 1.23 bits per heavy atom. The van der Waals surface area contributed by atoms with E-state index in [2.05, 4.69) is 23.8 Å². The van der Waals surface area contributed by atoms with Gasteiger partial charge in [0, 0.05) is 72.4 Å². The Balaban J connectivity index is 0.000000294. The van der Waals surface area contributed by atoms with Gasteiger partial charge in [-0.3, -0.25) is 33.8 Å². The molecule has 0 saturated carbocycles. The summed E-state index contributed by atoms with van der Waals surface area (Å²) < 4.78 is 57.5. The molecule has 8 rings (SSSR count). The number of rotatable bonds is 15. The molecule has 5 aliphatic rings. The normalized spacial score (nSPS) is 36.5. The average Bonchev–Trinajstić information content (AvgIpc) is 1.57. The number of amides is 1. The van der Waals surface area contributed by atoms with Gasteiger partial charge in [0.05, 0.1) is 37.1 Å². The van der Waals surface area contributed by atoms with E-state index in [1.807, 2.05) is 119 Å². The number of imidazole rings is 1. The predicted molar refractivity (Wildman–Crippen MR) is 383 cm³/mol. The monoisotopic (exact) mass is 1420 g/mol. The maximum atomic E-state index is 14.7. The molecule has 22 atom stereocenters. The van der Waals surface area contributed by atoms with E-state index in [1.54, 1.807) is 64.9 Å². The quantitative estimate of drug-likeness (QED) is 0.0640. The largest absolute Gasteiger partial charge is 0.494 e. The Morgan fingerprint density at radius 3 is 1.78 bits per heavy atom. The smallest absolute Gasteiger partial charge is 0.420 e. The zero-order valence-corrected chi connectivity index (χ0v) is 64.4. The Labute approximate surface area is 605 Å². The number of nitrogens with zero attached hydrogens (tertiary/aromatic N) is 4. The van der Waals surface area contributed by atoms with Gasteiger partial charge in [0.25, 0.3) is 0 Å². The second-order valence-corrected chi connectivity index (χ2v) is 31.5. The highest BCUT2D eigenvalue weighted by atomic mass is 16.7. The Kier molecular flexibility index (Phi) is 28.3. The third kappa shape index (κ3) is 18.7. The van der Waals surface area contributed by atoms with Crippen molar-refractivity contribution in [3.05, 3.63) is 79.2 Å². The summed E-state index contributed by atoms with van der Waals surface area (Å²) in [5, 5.41) is 11.1. The number of ether oxygens (including phenoxy) is 9. The van der Waals surface area contributed by atoms with Crippen molar-refractivity contribution in [1.29, 1.82) is 0 Å². The minimum Gasteiger partial charge on any atom is -0.494 e. The van der Waals surface area contributed by atoms with Crippen LogP contribution >= 0.6 is 0 Å². The van der Waals surface area contributed by atoms with Gasteiger partial charge in [0.15, 0.2) is 41.1 Å². The predicted octanol–water partition coefficient (Wildman–Crippen LogP) is 14.0. The van der Waals surface area contributed by atoms with Crippen LogP contribution in [0.5, 0.6) is 5.75 Å². The molecular formula is C80H118N4O18. The van der Waals surface area contributed by atoms with Crippen molar-refractivity contribution in [2.24, 2.45) is 70.0 Å². The lowest BCUT2D eigenvalue weighted by molar-refractivity contribution is -0.284. The molecule has 1 amide bonds. The first-order valence-corrected chi connectivity index (χ1v) is 37.3. The van der Waals surface area contributed by atoms with Gasteiger partial charge in [-0.1, -0.05) is 129 Å². The fraction of sp³-hybridized carbons (Fsp3) is 0.700. The molecule has 4 fully saturated rings. The molecule has 0 radical (unpaired) electrons. The molecule has 566 valence electrons. The summed E-state index contributed by atoms with van der Waals surface area (Å²) in [7, 11) is 0. The number of carbonyl (C=O) groups excluding carboxylic acids is 8. The second-order valence-electron chi connectivity index (χ2n) is 31.5. The topological polar surface area (TPSA) is 274 Å². The number of benzene rings is 1. The first-order chi connectivity index (χ1) is 47.9. The molecule has 0 aliphatic carbocycles. The van der Waals surface area contributed by atoms with Crippen LogP contribution in [-0.2, 0) is 66.7 Å². The number of cyclic esters (lactones) is 2. The van der Waals surface area contributed by atoms with Gasteiger partial charge in [0.1, 0.15) is 48.0 Å². The van der Waals surface area contributed by atoms with Gasteiger partial charge < -0.3 is 52.6 Å². The third-order valence-corrected chi connectivity index (χ3v) is 22.6. The number of aromatic nitrogens is 3. The Hall–Kier alpha value is -6.72. The summed E-state index contributed by atoms with van der Waals surface area (Å²) in [6, 6.07) is 10.8. The van der Waals surface area contributed by atoms with Crippen molar-refractivity contribution in [1.82, 2.24) is 19.4 Å². The maximum absolute atomic E-state index is 14.7. The summed E-state index contributed by atoms with van der Waals surface area (Å²) in [6.07, 6.45) is 5.87. The van der Waals surface area contributed by atoms with E-state index in [0.717, 1.165) is 17.5 Å². The number of fused-ring (bicyclic) bond motifs is 1.